The maximum Gasteiger partial charge on any atom is 0.0991 e. The first kappa shape index (κ1) is 44.3. The van der Waals surface area contributed by atoms with Gasteiger partial charge in [0.15, 0.2) is 0 Å². The molecule has 11 rings (SSSR count). The van der Waals surface area contributed by atoms with Gasteiger partial charge in [0.2, 0.25) is 0 Å². The van der Waals surface area contributed by atoms with Gasteiger partial charge in [0.1, 0.15) is 0 Å². The number of hydrogen-bond donors (Lipinski definition) is 0. The minimum absolute atomic E-state index is 0.527. The molecule has 0 N–H and O–H groups in total. The Morgan fingerprint density at radius 1 is 0.375 bits per heavy atom. The van der Waals surface area contributed by atoms with Gasteiger partial charge in [-0.05, 0) is 186 Å². The Morgan fingerprint density at radius 2 is 0.694 bits per heavy atom. The molecule has 0 atom stereocenters. The summed E-state index contributed by atoms with van der Waals surface area (Å²) in [6.07, 6.45) is 2.16. The van der Waals surface area contributed by atoms with Crippen molar-refractivity contribution in [2.75, 3.05) is 0 Å². The first-order chi connectivity index (χ1) is 35.1. The molecule has 0 spiro atoms. The van der Waals surface area contributed by atoms with Crippen LogP contribution in [-0.2, 0) is 5.54 Å². The molecule has 0 bridgehead atoms. The number of fused-ring (bicyclic) bond motifs is 6. The van der Waals surface area contributed by atoms with E-state index in [1.807, 2.05) is 109 Å². The lowest BCUT2D eigenvalue weighted by molar-refractivity contribution is 0.503. The van der Waals surface area contributed by atoms with Gasteiger partial charge in [0.25, 0.3) is 0 Å². The van der Waals surface area contributed by atoms with Crippen LogP contribution >= 0.6 is 0 Å². The molecule has 0 amide bonds. The predicted octanol–water partition coefficient (Wildman–Crippen LogP) is 15.8. The summed E-state index contributed by atoms with van der Waals surface area (Å²) in [4.78, 5) is 0. The number of nitriles is 5. The van der Waals surface area contributed by atoms with Crippen LogP contribution in [0.2, 0.25) is 0 Å². The zero-order valence-electron chi connectivity index (χ0n) is 39.6. The van der Waals surface area contributed by atoms with Gasteiger partial charge in [-0.2, -0.15) is 26.3 Å². The molecule has 0 aliphatic carbocycles. The Bertz CT molecular complexity index is 4100. The second-order valence-corrected chi connectivity index (χ2v) is 18.5. The van der Waals surface area contributed by atoms with E-state index in [1.165, 1.54) is 0 Å². The second kappa shape index (κ2) is 17.7. The van der Waals surface area contributed by atoms with Crippen LogP contribution in [0, 0.1) is 56.7 Å². The molecular weight excluding hydrogens is 879 g/mol. The van der Waals surface area contributed by atoms with Crippen molar-refractivity contribution in [1.29, 1.82) is 26.3 Å². The third-order valence-electron chi connectivity index (χ3n) is 14.0. The molecule has 0 saturated heterocycles. The van der Waals surface area contributed by atoms with Crippen molar-refractivity contribution in [3.63, 3.8) is 0 Å². The predicted molar refractivity (Wildman–Crippen MR) is 289 cm³/mol. The number of aromatic nitrogens is 2. The highest BCUT2D eigenvalue weighted by molar-refractivity contribution is 6.13. The number of hydrogen-bond acceptors (Lipinski definition) is 5. The molecule has 0 fully saturated rings. The Kier molecular flexibility index (Phi) is 10.9. The highest BCUT2D eigenvalue weighted by atomic mass is 15.1. The van der Waals surface area contributed by atoms with Crippen LogP contribution in [-0.4, -0.2) is 9.13 Å². The highest BCUT2D eigenvalue weighted by Gasteiger charge is 2.32. The smallest absolute Gasteiger partial charge is 0.0991 e. The largest absolute Gasteiger partial charge is 0.331 e. The molecule has 336 valence electrons. The molecule has 2 aromatic heterocycles. The third-order valence-corrected chi connectivity index (χ3v) is 14.0. The van der Waals surface area contributed by atoms with Gasteiger partial charge >= 0.3 is 0 Å². The number of rotatable bonds is 8. The van der Waals surface area contributed by atoms with E-state index in [-0.39, 0.29) is 0 Å². The Labute approximate surface area is 417 Å². The van der Waals surface area contributed by atoms with Crippen LogP contribution in [0.5, 0.6) is 0 Å². The van der Waals surface area contributed by atoms with Crippen molar-refractivity contribution in [1.82, 2.24) is 9.13 Å². The minimum Gasteiger partial charge on any atom is -0.331 e. The van der Waals surface area contributed by atoms with Crippen molar-refractivity contribution >= 4 is 49.2 Å². The molecule has 0 saturated carbocycles. The molecule has 7 nitrogen and oxygen atoms in total. The summed E-state index contributed by atoms with van der Waals surface area (Å²) >= 11 is 0. The first-order valence-corrected chi connectivity index (χ1v) is 23.6. The normalized spacial score (nSPS) is 11.6. The van der Waals surface area contributed by atoms with E-state index in [0.717, 1.165) is 105 Å². The van der Waals surface area contributed by atoms with Gasteiger partial charge in [-0.25, -0.2) is 0 Å². The molecule has 0 aliphatic heterocycles. The van der Waals surface area contributed by atoms with Crippen LogP contribution in [0.1, 0.15) is 54.2 Å². The van der Waals surface area contributed by atoms with Crippen LogP contribution in [0.15, 0.2) is 194 Å². The van der Waals surface area contributed by atoms with Gasteiger partial charge in [-0.1, -0.05) is 78.9 Å². The summed E-state index contributed by atoms with van der Waals surface area (Å²) in [6, 6.07) is 74.0. The fourth-order valence-corrected chi connectivity index (χ4v) is 10.7. The van der Waals surface area contributed by atoms with Crippen molar-refractivity contribution in [2.45, 2.75) is 26.3 Å². The van der Waals surface area contributed by atoms with E-state index in [0.29, 0.717) is 27.8 Å². The highest BCUT2D eigenvalue weighted by Crippen LogP contribution is 2.46. The fraction of sp³-hybridized carbons (Fsp3) is 0.0615. The average Bonchev–Trinajstić information content (AvgIpc) is 3.94. The molecule has 11 aromatic rings. The summed E-state index contributed by atoms with van der Waals surface area (Å²) in [5.41, 5.74) is 16.5. The van der Waals surface area contributed by atoms with Crippen molar-refractivity contribution in [2.24, 2.45) is 0 Å². The quantitative estimate of drug-likeness (QED) is 0.150. The molecule has 9 aromatic carbocycles. The first-order valence-electron chi connectivity index (χ1n) is 23.6. The Morgan fingerprint density at radius 3 is 1.04 bits per heavy atom. The summed E-state index contributed by atoms with van der Waals surface area (Å²) in [5, 5.41) is 53.8. The lowest BCUT2D eigenvalue weighted by atomic mass is 9.85. The molecule has 2 heterocycles. The lowest BCUT2D eigenvalue weighted by Gasteiger charge is -2.34. The molecule has 0 radical (unpaired) electrons. The van der Waals surface area contributed by atoms with Crippen molar-refractivity contribution in [3.8, 4) is 80.5 Å². The minimum atomic E-state index is -0.737. The summed E-state index contributed by atoms with van der Waals surface area (Å²) in [7, 11) is 0. The standard InChI is InChI=1S/C65H41N7/c1-4-59(65(2,3)72-63-25-20-52(48-15-7-11-43(29-48)38-68)34-56(63)57-35-53(21-26-64(57)72)49-16-8-12-44(30-49)39-69)58-31-45(40-70)17-22-62(58)71-60-23-18-50(46-13-5-9-41(27-46)36-66)32-54(60)55-33-51(19-24-61(55)71)47-14-6-10-42(28-47)37-67/h4-35H,1-3H3/b59-4-. The average molecular weight is 920 g/mol. The van der Waals surface area contributed by atoms with E-state index < -0.39 is 5.54 Å². The fourth-order valence-electron chi connectivity index (χ4n) is 10.7. The van der Waals surface area contributed by atoms with Crippen LogP contribution in [0.25, 0.3) is 99.4 Å². The number of benzene rings is 9. The topological polar surface area (TPSA) is 129 Å². The van der Waals surface area contributed by atoms with E-state index in [2.05, 4.69) is 145 Å². The van der Waals surface area contributed by atoms with E-state index in [1.54, 1.807) is 0 Å². The summed E-state index contributed by atoms with van der Waals surface area (Å²) in [6.45, 7) is 6.52. The van der Waals surface area contributed by atoms with Crippen molar-refractivity contribution in [3.05, 3.63) is 228 Å². The van der Waals surface area contributed by atoms with Gasteiger partial charge in [-0.15, -0.1) is 0 Å². The monoisotopic (exact) mass is 919 g/mol. The molecule has 0 unspecified atom stereocenters. The van der Waals surface area contributed by atoms with Gasteiger partial charge in [-0.3, -0.25) is 0 Å². The van der Waals surface area contributed by atoms with Gasteiger partial charge < -0.3 is 9.13 Å². The molecule has 72 heavy (non-hydrogen) atoms. The van der Waals surface area contributed by atoms with Crippen LogP contribution in [0.4, 0.5) is 0 Å². The van der Waals surface area contributed by atoms with Crippen LogP contribution in [0.3, 0.4) is 0 Å². The third kappa shape index (κ3) is 7.42. The maximum atomic E-state index is 10.6. The SMILES string of the molecule is C/C=C(/c1cc(C#N)ccc1-n1c2ccc(-c3cccc(C#N)c3)cc2c2cc(-c3cccc(C#N)c3)ccc21)C(C)(C)n1c2ccc(-c3cccc(C#N)c3)cc2c2cc(-c3cccc(C#N)c3)ccc21. The van der Waals surface area contributed by atoms with E-state index >= 15 is 0 Å². The maximum absolute atomic E-state index is 10.6. The Hall–Kier alpha value is -10.2. The second-order valence-electron chi connectivity index (χ2n) is 18.5. The molecule has 7 heteroatoms. The zero-order chi connectivity index (χ0) is 49.7. The van der Waals surface area contributed by atoms with Crippen molar-refractivity contribution < 1.29 is 0 Å². The molecular formula is C65H41N7. The summed E-state index contributed by atoms with van der Waals surface area (Å²) < 4.78 is 4.69. The summed E-state index contributed by atoms with van der Waals surface area (Å²) in [5.74, 6) is 0. The zero-order valence-corrected chi connectivity index (χ0v) is 39.6. The van der Waals surface area contributed by atoms with Crippen LogP contribution < -0.4 is 0 Å². The van der Waals surface area contributed by atoms with E-state index in [9.17, 15) is 26.3 Å². The number of allylic oxidation sites excluding steroid dienone is 2. The number of nitrogens with zero attached hydrogens (tertiary/aromatic N) is 7. The van der Waals surface area contributed by atoms with Gasteiger partial charge in [0, 0.05) is 38.1 Å². The lowest BCUT2D eigenvalue weighted by Crippen LogP contribution is -2.28. The van der Waals surface area contributed by atoms with Gasteiger partial charge in [0.05, 0.1) is 80.4 Å². The Balaban J connectivity index is 1.15. The molecule has 0 aliphatic rings. The van der Waals surface area contributed by atoms with E-state index in [4.69, 9.17) is 0 Å².